The van der Waals surface area contributed by atoms with Crippen molar-refractivity contribution in [3.63, 3.8) is 0 Å². The molecule has 18 heavy (non-hydrogen) atoms. The van der Waals surface area contributed by atoms with Gasteiger partial charge in [0.05, 0.1) is 4.92 Å². The maximum absolute atomic E-state index is 11.2. The van der Waals surface area contributed by atoms with E-state index in [9.17, 15) is 10.1 Å². The minimum Gasteiger partial charge on any atom is -0.357 e. The highest BCUT2D eigenvalue weighted by atomic mass is 16.6. The van der Waals surface area contributed by atoms with Gasteiger partial charge in [-0.3, -0.25) is 10.1 Å². The quantitative estimate of drug-likeness (QED) is 0.633. The molecule has 1 aromatic rings. The molecule has 1 aromatic heterocycles. The molecule has 1 heterocycles. The van der Waals surface area contributed by atoms with Gasteiger partial charge in [-0.2, -0.15) is 4.98 Å². The van der Waals surface area contributed by atoms with Crippen LogP contribution in [-0.2, 0) is 0 Å². The van der Waals surface area contributed by atoms with Crippen molar-refractivity contribution in [2.45, 2.75) is 32.7 Å². The number of hydrogen-bond donors (Lipinski definition) is 1. The third-order valence-electron chi connectivity index (χ3n) is 3.05. The lowest BCUT2D eigenvalue weighted by Gasteiger charge is -2.21. The van der Waals surface area contributed by atoms with E-state index in [2.05, 4.69) is 15.3 Å². The molecule has 0 spiro atoms. The molecule has 0 unspecified atom stereocenters. The summed E-state index contributed by atoms with van der Waals surface area (Å²) in [7, 11) is 1.71. The van der Waals surface area contributed by atoms with Crippen molar-refractivity contribution in [1.29, 1.82) is 0 Å². The molecule has 0 radical (unpaired) electrons. The highest BCUT2D eigenvalue weighted by Crippen LogP contribution is 2.36. The summed E-state index contributed by atoms with van der Waals surface area (Å²) in [6, 6.07) is 0.382. The highest BCUT2D eigenvalue weighted by Gasteiger charge is 2.34. The van der Waals surface area contributed by atoms with Crippen LogP contribution in [-0.4, -0.2) is 34.5 Å². The van der Waals surface area contributed by atoms with Gasteiger partial charge in [0.15, 0.2) is 0 Å². The second kappa shape index (κ2) is 4.75. The molecular weight excluding hydrogens is 234 g/mol. The molecule has 1 N–H and O–H groups in total. The largest absolute Gasteiger partial charge is 0.357 e. The van der Waals surface area contributed by atoms with Crippen LogP contribution in [0.1, 0.15) is 25.5 Å². The SMILES string of the molecule is CCN(c1nc(NC)nc(C)c1[N+](=O)[O-])C1CC1. The smallest absolute Gasteiger partial charge is 0.332 e. The number of aryl methyl sites for hydroxylation is 1. The van der Waals surface area contributed by atoms with E-state index in [0.717, 1.165) is 12.8 Å². The van der Waals surface area contributed by atoms with Gasteiger partial charge in [-0.1, -0.05) is 0 Å². The normalized spacial score (nSPS) is 14.4. The van der Waals surface area contributed by atoms with Crippen LogP contribution in [0.2, 0.25) is 0 Å². The van der Waals surface area contributed by atoms with Crippen LogP contribution in [0.4, 0.5) is 17.5 Å². The van der Waals surface area contributed by atoms with Gasteiger partial charge in [0.2, 0.25) is 11.8 Å². The molecule has 0 amide bonds. The van der Waals surface area contributed by atoms with Crippen LogP contribution in [0.25, 0.3) is 0 Å². The third kappa shape index (κ3) is 2.20. The molecule has 1 fully saturated rings. The van der Waals surface area contributed by atoms with Crippen molar-refractivity contribution >= 4 is 17.5 Å². The summed E-state index contributed by atoms with van der Waals surface area (Å²) < 4.78 is 0. The number of nitro groups is 1. The number of aromatic nitrogens is 2. The van der Waals surface area contributed by atoms with Crippen molar-refractivity contribution < 1.29 is 4.92 Å². The maximum Gasteiger partial charge on any atom is 0.332 e. The summed E-state index contributed by atoms with van der Waals surface area (Å²) >= 11 is 0. The Hall–Kier alpha value is -1.92. The van der Waals surface area contributed by atoms with E-state index < -0.39 is 4.92 Å². The van der Waals surface area contributed by atoms with Crippen LogP contribution < -0.4 is 10.2 Å². The molecule has 1 aliphatic carbocycles. The summed E-state index contributed by atoms with van der Waals surface area (Å²) in [6.45, 7) is 4.34. The van der Waals surface area contributed by atoms with Crippen molar-refractivity contribution in [2.75, 3.05) is 23.8 Å². The molecule has 0 saturated heterocycles. The van der Waals surface area contributed by atoms with Crippen LogP contribution in [0.3, 0.4) is 0 Å². The van der Waals surface area contributed by atoms with Gasteiger partial charge in [-0.25, -0.2) is 4.98 Å². The van der Waals surface area contributed by atoms with Gasteiger partial charge in [0.1, 0.15) is 5.69 Å². The summed E-state index contributed by atoms with van der Waals surface area (Å²) in [5.41, 5.74) is 0.413. The van der Waals surface area contributed by atoms with Crippen LogP contribution in [0, 0.1) is 17.0 Å². The fourth-order valence-electron chi connectivity index (χ4n) is 2.04. The van der Waals surface area contributed by atoms with Crippen LogP contribution in [0.5, 0.6) is 0 Å². The lowest BCUT2D eigenvalue weighted by Crippen LogP contribution is -2.27. The van der Waals surface area contributed by atoms with Gasteiger partial charge in [0, 0.05) is 19.6 Å². The first-order valence-electron chi connectivity index (χ1n) is 6.05. The van der Waals surface area contributed by atoms with Gasteiger partial charge in [-0.05, 0) is 26.7 Å². The van der Waals surface area contributed by atoms with Crippen molar-refractivity contribution in [3.8, 4) is 0 Å². The fourth-order valence-corrected chi connectivity index (χ4v) is 2.04. The predicted molar refractivity (Wildman–Crippen MR) is 69.0 cm³/mol. The first-order valence-corrected chi connectivity index (χ1v) is 6.05. The molecule has 7 heteroatoms. The highest BCUT2D eigenvalue weighted by molar-refractivity contribution is 5.63. The molecule has 98 valence electrons. The fraction of sp³-hybridized carbons (Fsp3) is 0.636. The van der Waals surface area contributed by atoms with E-state index in [-0.39, 0.29) is 5.69 Å². The van der Waals surface area contributed by atoms with E-state index in [0.29, 0.717) is 30.0 Å². The van der Waals surface area contributed by atoms with E-state index in [4.69, 9.17) is 0 Å². The monoisotopic (exact) mass is 251 g/mol. The standard InChI is InChI=1S/C11H17N5O2/c1-4-15(8-5-6-8)10-9(16(17)18)7(2)13-11(12-3)14-10/h8H,4-6H2,1-3H3,(H,12,13,14). The Morgan fingerprint density at radius 3 is 2.61 bits per heavy atom. The number of nitrogens with one attached hydrogen (secondary N) is 1. The average Bonchev–Trinajstić information content (AvgIpc) is 3.13. The molecule has 0 aliphatic heterocycles. The molecule has 0 aromatic carbocycles. The minimum atomic E-state index is -0.394. The Kier molecular flexibility index (Phi) is 3.31. The zero-order valence-electron chi connectivity index (χ0n) is 10.8. The molecule has 0 atom stereocenters. The summed E-state index contributed by atoms with van der Waals surface area (Å²) in [5.74, 6) is 0.856. The number of rotatable bonds is 5. The van der Waals surface area contributed by atoms with E-state index in [1.54, 1.807) is 14.0 Å². The maximum atomic E-state index is 11.2. The first kappa shape index (κ1) is 12.5. The lowest BCUT2D eigenvalue weighted by molar-refractivity contribution is -0.385. The third-order valence-corrected chi connectivity index (χ3v) is 3.05. The predicted octanol–water partition coefficient (Wildman–Crippen LogP) is 1.72. The molecule has 0 bridgehead atoms. The Bertz CT molecular complexity index is 473. The zero-order chi connectivity index (χ0) is 13.3. The number of anilines is 2. The van der Waals surface area contributed by atoms with Gasteiger partial charge >= 0.3 is 5.69 Å². The molecule has 1 saturated carbocycles. The number of hydrogen-bond acceptors (Lipinski definition) is 6. The van der Waals surface area contributed by atoms with E-state index >= 15 is 0 Å². The summed E-state index contributed by atoms with van der Waals surface area (Å²) in [6.07, 6.45) is 2.14. The van der Waals surface area contributed by atoms with Crippen LogP contribution >= 0.6 is 0 Å². The molecule has 1 aliphatic rings. The van der Waals surface area contributed by atoms with Gasteiger partial charge < -0.3 is 10.2 Å². The van der Waals surface area contributed by atoms with Crippen molar-refractivity contribution in [2.24, 2.45) is 0 Å². The Morgan fingerprint density at radius 1 is 1.50 bits per heavy atom. The minimum absolute atomic E-state index is 0.0164. The van der Waals surface area contributed by atoms with Crippen LogP contribution in [0.15, 0.2) is 0 Å². The summed E-state index contributed by atoms with van der Waals surface area (Å²) in [5, 5.41) is 14.0. The van der Waals surface area contributed by atoms with Crippen molar-refractivity contribution in [3.05, 3.63) is 15.8 Å². The first-order chi connectivity index (χ1) is 8.58. The topological polar surface area (TPSA) is 84.2 Å². The second-order valence-electron chi connectivity index (χ2n) is 4.33. The van der Waals surface area contributed by atoms with Crippen molar-refractivity contribution in [1.82, 2.24) is 9.97 Å². The number of nitrogens with zero attached hydrogens (tertiary/aromatic N) is 4. The summed E-state index contributed by atoms with van der Waals surface area (Å²) in [4.78, 5) is 21.1. The van der Waals surface area contributed by atoms with Gasteiger partial charge in [-0.15, -0.1) is 0 Å². The second-order valence-corrected chi connectivity index (χ2v) is 4.33. The average molecular weight is 251 g/mol. The zero-order valence-corrected chi connectivity index (χ0v) is 10.8. The molecule has 7 nitrogen and oxygen atoms in total. The Balaban J connectivity index is 2.53. The van der Waals surface area contributed by atoms with Gasteiger partial charge in [0.25, 0.3) is 0 Å². The van der Waals surface area contributed by atoms with E-state index in [1.165, 1.54) is 0 Å². The van der Waals surface area contributed by atoms with E-state index in [1.807, 2.05) is 11.8 Å². The Morgan fingerprint density at radius 2 is 2.17 bits per heavy atom. The Labute approximate surface area is 105 Å². The lowest BCUT2D eigenvalue weighted by atomic mass is 10.3. The molecular formula is C11H17N5O2. The molecule has 2 rings (SSSR count).